The van der Waals surface area contributed by atoms with Crippen LogP contribution >= 0.6 is 15.9 Å². The average Bonchev–Trinajstić information content (AvgIpc) is 2.83. The fourth-order valence-corrected chi connectivity index (χ4v) is 2.68. The molecule has 2 unspecified atom stereocenters. The Kier molecular flexibility index (Phi) is 3.58. The van der Waals surface area contributed by atoms with Crippen LogP contribution in [0.25, 0.3) is 0 Å². The molecular formula is C12H17BrN2O2. The number of hydrogen-bond acceptors (Lipinski definition) is 3. The van der Waals surface area contributed by atoms with E-state index in [1.165, 1.54) is 0 Å². The number of rotatable bonds is 2. The number of carbonyl (C=O) groups is 1. The molecule has 17 heavy (non-hydrogen) atoms. The van der Waals surface area contributed by atoms with Crippen LogP contribution in [0, 0.1) is 5.92 Å². The molecule has 1 aromatic rings. The summed E-state index contributed by atoms with van der Waals surface area (Å²) >= 11 is 3.21. The van der Waals surface area contributed by atoms with Gasteiger partial charge in [0.05, 0.1) is 0 Å². The van der Waals surface area contributed by atoms with Gasteiger partial charge in [-0.25, -0.2) is 0 Å². The summed E-state index contributed by atoms with van der Waals surface area (Å²) in [5.74, 6) is 0.878. The van der Waals surface area contributed by atoms with Gasteiger partial charge >= 0.3 is 0 Å². The quantitative estimate of drug-likeness (QED) is 0.839. The van der Waals surface area contributed by atoms with Gasteiger partial charge in [0.25, 0.3) is 5.91 Å². The number of nitrogens with zero attached hydrogens (tertiary/aromatic N) is 2. The Bertz CT molecular complexity index is 416. The Morgan fingerprint density at radius 2 is 2.18 bits per heavy atom. The second-order valence-corrected chi connectivity index (χ2v) is 5.60. The van der Waals surface area contributed by atoms with E-state index in [-0.39, 0.29) is 5.91 Å². The molecule has 1 amide bonds. The van der Waals surface area contributed by atoms with Gasteiger partial charge in [-0.2, -0.15) is 0 Å². The summed E-state index contributed by atoms with van der Waals surface area (Å²) in [5, 5.41) is 0. The molecule has 2 rings (SSSR count). The maximum absolute atomic E-state index is 12.2. The molecule has 0 bridgehead atoms. The lowest BCUT2D eigenvalue weighted by Crippen LogP contribution is -2.35. The van der Waals surface area contributed by atoms with E-state index in [1.807, 2.05) is 4.90 Å². The van der Waals surface area contributed by atoms with E-state index in [0.29, 0.717) is 22.4 Å². The van der Waals surface area contributed by atoms with Crippen molar-refractivity contribution in [3.63, 3.8) is 0 Å². The minimum absolute atomic E-state index is 0.0214. The molecule has 1 fully saturated rings. The molecule has 1 saturated heterocycles. The third-order valence-electron chi connectivity index (χ3n) is 3.31. The molecule has 4 nitrogen and oxygen atoms in total. The SMILES string of the molecule is CC1CN(C(=O)c2ccc(Br)o2)CC1N(C)C. The first-order valence-corrected chi connectivity index (χ1v) is 6.49. The first kappa shape index (κ1) is 12.6. The van der Waals surface area contributed by atoms with E-state index in [1.54, 1.807) is 12.1 Å². The molecule has 0 aromatic carbocycles. The van der Waals surface area contributed by atoms with Crippen LogP contribution in [0.15, 0.2) is 21.2 Å². The zero-order valence-electron chi connectivity index (χ0n) is 10.3. The van der Waals surface area contributed by atoms with Crippen LogP contribution in [0.4, 0.5) is 0 Å². The van der Waals surface area contributed by atoms with Crippen molar-refractivity contribution in [1.82, 2.24) is 9.80 Å². The highest BCUT2D eigenvalue weighted by Crippen LogP contribution is 2.23. The van der Waals surface area contributed by atoms with E-state index in [2.05, 4.69) is 41.8 Å². The third-order valence-corrected chi connectivity index (χ3v) is 3.73. The van der Waals surface area contributed by atoms with Crippen molar-refractivity contribution in [2.45, 2.75) is 13.0 Å². The normalized spacial score (nSPS) is 24.6. The van der Waals surface area contributed by atoms with Gasteiger partial charge in [0.1, 0.15) is 0 Å². The van der Waals surface area contributed by atoms with Gasteiger partial charge in [-0.3, -0.25) is 4.79 Å². The van der Waals surface area contributed by atoms with Crippen LogP contribution in [0.5, 0.6) is 0 Å². The van der Waals surface area contributed by atoms with Crippen molar-refractivity contribution in [1.29, 1.82) is 0 Å². The summed E-state index contributed by atoms with van der Waals surface area (Å²) in [6.07, 6.45) is 0. The van der Waals surface area contributed by atoms with Crippen LogP contribution in [-0.4, -0.2) is 48.9 Å². The molecule has 5 heteroatoms. The summed E-state index contributed by atoms with van der Waals surface area (Å²) in [5.41, 5.74) is 0. The standard InChI is InChI=1S/C12H17BrN2O2/c1-8-6-15(7-9(8)14(2)3)12(16)10-4-5-11(13)17-10/h4-5,8-9H,6-7H2,1-3H3. The van der Waals surface area contributed by atoms with Crippen molar-refractivity contribution in [3.05, 3.63) is 22.6 Å². The number of amides is 1. The predicted molar refractivity (Wildman–Crippen MR) is 69.0 cm³/mol. The topological polar surface area (TPSA) is 36.7 Å². The summed E-state index contributed by atoms with van der Waals surface area (Å²) in [7, 11) is 4.11. The van der Waals surface area contributed by atoms with Gasteiger partial charge < -0.3 is 14.2 Å². The van der Waals surface area contributed by atoms with Gasteiger partial charge in [0.15, 0.2) is 10.4 Å². The monoisotopic (exact) mass is 300 g/mol. The van der Waals surface area contributed by atoms with Gasteiger partial charge in [-0.05, 0) is 48.1 Å². The molecule has 2 heterocycles. The van der Waals surface area contributed by atoms with Gasteiger partial charge in [-0.15, -0.1) is 0 Å². The first-order chi connectivity index (χ1) is 7.99. The number of furan rings is 1. The fourth-order valence-electron chi connectivity index (χ4n) is 2.37. The van der Waals surface area contributed by atoms with Crippen LogP contribution in [0.3, 0.4) is 0 Å². The lowest BCUT2D eigenvalue weighted by Gasteiger charge is -2.22. The zero-order valence-corrected chi connectivity index (χ0v) is 11.9. The molecule has 0 saturated carbocycles. The fraction of sp³-hybridized carbons (Fsp3) is 0.583. The molecule has 1 aromatic heterocycles. The predicted octanol–water partition coefficient (Wildman–Crippen LogP) is 2.06. The van der Waals surface area contributed by atoms with Gasteiger partial charge in [0.2, 0.25) is 0 Å². The number of halogens is 1. The maximum atomic E-state index is 12.2. The molecule has 0 radical (unpaired) electrons. The van der Waals surface area contributed by atoms with Crippen molar-refractivity contribution < 1.29 is 9.21 Å². The number of hydrogen-bond donors (Lipinski definition) is 0. The smallest absolute Gasteiger partial charge is 0.289 e. The largest absolute Gasteiger partial charge is 0.444 e. The summed E-state index contributed by atoms with van der Waals surface area (Å²) in [4.78, 5) is 16.2. The van der Waals surface area contributed by atoms with Crippen LogP contribution < -0.4 is 0 Å². The first-order valence-electron chi connectivity index (χ1n) is 5.70. The Hall–Kier alpha value is -0.810. The number of likely N-dealkylation sites (N-methyl/N-ethyl adjacent to an activating group) is 1. The Balaban J connectivity index is 2.08. The number of likely N-dealkylation sites (tertiary alicyclic amines) is 1. The van der Waals surface area contributed by atoms with Crippen LogP contribution in [0.1, 0.15) is 17.5 Å². The van der Waals surface area contributed by atoms with Crippen molar-refractivity contribution >= 4 is 21.8 Å². The Morgan fingerprint density at radius 3 is 2.65 bits per heavy atom. The Morgan fingerprint density at radius 1 is 1.47 bits per heavy atom. The zero-order chi connectivity index (χ0) is 12.6. The maximum Gasteiger partial charge on any atom is 0.289 e. The minimum atomic E-state index is -0.0214. The van der Waals surface area contributed by atoms with E-state index in [9.17, 15) is 4.79 Å². The second-order valence-electron chi connectivity index (χ2n) is 4.82. The minimum Gasteiger partial charge on any atom is -0.444 e. The van der Waals surface area contributed by atoms with E-state index < -0.39 is 0 Å². The molecule has 0 N–H and O–H groups in total. The molecule has 1 aliphatic rings. The van der Waals surface area contributed by atoms with E-state index in [0.717, 1.165) is 13.1 Å². The summed E-state index contributed by atoms with van der Waals surface area (Å²) < 4.78 is 5.90. The second kappa shape index (κ2) is 4.82. The van der Waals surface area contributed by atoms with E-state index >= 15 is 0 Å². The Labute approximate surface area is 110 Å². The van der Waals surface area contributed by atoms with Crippen molar-refractivity contribution in [2.24, 2.45) is 5.92 Å². The average molecular weight is 301 g/mol. The van der Waals surface area contributed by atoms with Crippen LogP contribution in [0.2, 0.25) is 0 Å². The lowest BCUT2D eigenvalue weighted by atomic mass is 10.1. The molecule has 2 atom stereocenters. The molecule has 0 aliphatic carbocycles. The molecular weight excluding hydrogens is 284 g/mol. The van der Waals surface area contributed by atoms with Crippen molar-refractivity contribution in [2.75, 3.05) is 27.2 Å². The molecule has 0 spiro atoms. The highest BCUT2D eigenvalue weighted by atomic mass is 79.9. The van der Waals surface area contributed by atoms with Crippen LogP contribution in [-0.2, 0) is 0 Å². The highest BCUT2D eigenvalue weighted by molar-refractivity contribution is 9.10. The summed E-state index contributed by atoms with van der Waals surface area (Å²) in [6.45, 7) is 3.74. The summed E-state index contributed by atoms with van der Waals surface area (Å²) in [6, 6.07) is 3.88. The number of carbonyl (C=O) groups excluding carboxylic acids is 1. The van der Waals surface area contributed by atoms with Gasteiger partial charge in [0, 0.05) is 19.1 Å². The third kappa shape index (κ3) is 2.55. The lowest BCUT2D eigenvalue weighted by molar-refractivity contribution is 0.0748. The molecule has 1 aliphatic heterocycles. The van der Waals surface area contributed by atoms with E-state index in [4.69, 9.17) is 4.42 Å². The molecule has 94 valence electrons. The highest BCUT2D eigenvalue weighted by Gasteiger charge is 2.34. The van der Waals surface area contributed by atoms with Crippen molar-refractivity contribution in [3.8, 4) is 0 Å². The van der Waals surface area contributed by atoms with Gasteiger partial charge in [-0.1, -0.05) is 6.92 Å².